The lowest BCUT2D eigenvalue weighted by molar-refractivity contribution is -0.137. The molecular weight excluding hydrogens is 438 g/mol. The summed E-state index contributed by atoms with van der Waals surface area (Å²) in [5.74, 6) is -1.27. The Balaban J connectivity index is 1.61. The van der Waals surface area contributed by atoms with Gasteiger partial charge >= 0.3 is 0 Å². The number of amides is 2. The molecule has 4 atom stereocenters. The fourth-order valence-corrected chi connectivity index (χ4v) is 7.53. The molecule has 6 nitrogen and oxygen atoms in total. The SMILES string of the molecule is Cc1cccc2c1NC(=O)C21N2CCCC2C(C(=O)c2ccccc2)C12C(=O)Nc1ccccc12. The van der Waals surface area contributed by atoms with Gasteiger partial charge in [0, 0.05) is 28.5 Å². The topological polar surface area (TPSA) is 78.5 Å². The van der Waals surface area contributed by atoms with Crippen LogP contribution in [-0.2, 0) is 20.5 Å². The maximum atomic E-state index is 14.4. The van der Waals surface area contributed by atoms with Crippen LogP contribution in [0, 0.1) is 12.8 Å². The lowest BCUT2D eigenvalue weighted by Crippen LogP contribution is -2.62. The predicted molar refractivity (Wildman–Crippen MR) is 132 cm³/mol. The molecule has 4 aliphatic heterocycles. The maximum absolute atomic E-state index is 14.4. The molecular formula is C29H25N3O3. The van der Waals surface area contributed by atoms with Gasteiger partial charge in [-0.15, -0.1) is 0 Å². The first-order chi connectivity index (χ1) is 17.0. The number of hydrogen-bond acceptors (Lipinski definition) is 4. The van der Waals surface area contributed by atoms with Gasteiger partial charge in [0.1, 0.15) is 11.0 Å². The van der Waals surface area contributed by atoms with E-state index in [0.717, 1.165) is 35.2 Å². The van der Waals surface area contributed by atoms with Crippen molar-refractivity contribution < 1.29 is 14.4 Å². The minimum absolute atomic E-state index is 0.0832. The first-order valence-corrected chi connectivity index (χ1v) is 12.2. The van der Waals surface area contributed by atoms with Gasteiger partial charge < -0.3 is 10.6 Å². The van der Waals surface area contributed by atoms with E-state index in [1.807, 2.05) is 79.7 Å². The Morgan fingerprint density at radius 1 is 0.886 bits per heavy atom. The highest BCUT2D eigenvalue weighted by Gasteiger charge is 2.81. The van der Waals surface area contributed by atoms with Gasteiger partial charge in [-0.1, -0.05) is 66.7 Å². The van der Waals surface area contributed by atoms with E-state index in [9.17, 15) is 14.4 Å². The summed E-state index contributed by atoms with van der Waals surface area (Å²) in [7, 11) is 0. The Morgan fingerprint density at radius 2 is 1.63 bits per heavy atom. The first kappa shape index (κ1) is 20.6. The number of aryl methyl sites for hydroxylation is 1. The number of ketones is 1. The molecule has 3 aromatic carbocycles. The second-order valence-electron chi connectivity index (χ2n) is 10.1. The number of benzene rings is 3. The molecule has 4 unspecified atom stereocenters. The van der Waals surface area contributed by atoms with Crippen LogP contribution in [0.3, 0.4) is 0 Å². The molecule has 0 radical (unpaired) electrons. The molecule has 0 saturated carbocycles. The molecule has 6 heteroatoms. The Bertz CT molecular complexity index is 1430. The fraction of sp³-hybridized carbons (Fsp3) is 0.276. The van der Waals surface area contributed by atoms with Crippen molar-refractivity contribution in [3.63, 3.8) is 0 Å². The van der Waals surface area contributed by atoms with Crippen molar-refractivity contribution in [3.8, 4) is 0 Å². The average Bonchev–Trinajstić information content (AvgIpc) is 3.59. The number of carbonyl (C=O) groups is 3. The Labute approximate surface area is 203 Å². The zero-order valence-electron chi connectivity index (χ0n) is 19.4. The summed E-state index contributed by atoms with van der Waals surface area (Å²) in [4.78, 5) is 45.3. The van der Waals surface area contributed by atoms with E-state index >= 15 is 0 Å². The molecule has 0 bridgehead atoms. The molecule has 4 heterocycles. The summed E-state index contributed by atoms with van der Waals surface area (Å²) in [6.07, 6.45) is 1.63. The molecule has 7 rings (SSSR count). The third-order valence-electron chi connectivity index (χ3n) is 8.68. The standard InChI is InChI=1S/C29H25N3O3/c1-17-9-7-13-20-24(17)31-27(35)29(20)28(19-12-5-6-14-21(19)30-26(28)34)23(22-15-8-16-32(22)29)25(33)18-10-3-2-4-11-18/h2-7,9-14,22-23H,8,15-16H2,1H3,(H,30,34)(H,31,35). The van der Waals surface area contributed by atoms with Crippen LogP contribution in [0.25, 0.3) is 0 Å². The highest BCUT2D eigenvalue weighted by atomic mass is 16.2. The van der Waals surface area contributed by atoms with Crippen molar-refractivity contribution in [2.75, 3.05) is 17.2 Å². The Hall–Kier alpha value is -3.77. The minimum Gasteiger partial charge on any atom is -0.325 e. The van der Waals surface area contributed by atoms with Gasteiger partial charge in [-0.2, -0.15) is 0 Å². The van der Waals surface area contributed by atoms with Crippen molar-refractivity contribution in [3.05, 3.63) is 95.1 Å². The number of fused-ring (bicyclic) bond motifs is 7. The lowest BCUT2D eigenvalue weighted by Gasteiger charge is -2.43. The Kier molecular flexibility index (Phi) is 4.05. The molecule has 4 aliphatic rings. The van der Waals surface area contributed by atoms with Crippen LogP contribution in [0.1, 0.15) is 39.9 Å². The van der Waals surface area contributed by atoms with E-state index in [1.165, 1.54) is 0 Å². The minimum atomic E-state index is -1.38. The van der Waals surface area contributed by atoms with Crippen LogP contribution < -0.4 is 10.6 Å². The van der Waals surface area contributed by atoms with Crippen LogP contribution in [-0.4, -0.2) is 35.1 Å². The molecule has 2 amide bonds. The monoisotopic (exact) mass is 463 g/mol. The molecule has 2 N–H and O–H groups in total. The molecule has 0 aliphatic carbocycles. The number of anilines is 2. The summed E-state index contributed by atoms with van der Waals surface area (Å²) in [6, 6.07) is 22.4. The summed E-state index contributed by atoms with van der Waals surface area (Å²) in [5.41, 5.74) is 1.79. The van der Waals surface area contributed by atoms with Crippen LogP contribution >= 0.6 is 0 Å². The number of para-hydroxylation sites is 2. The van der Waals surface area contributed by atoms with Gasteiger partial charge in [-0.05, 0) is 43.5 Å². The summed E-state index contributed by atoms with van der Waals surface area (Å²) in [6.45, 7) is 2.62. The molecule has 3 aromatic rings. The summed E-state index contributed by atoms with van der Waals surface area (Å²) < 4.78 is 0. The van der Waals surface area contributed by atoms with Crippen LogP contribution in [0.2, 0.25) is 0 Å². The number of hydrogen-bond donors (Lipinski definition) is 2. The number of nitrogens with one attached hydrogen (secondary N) is 2. The quantitative estimate of drug-likeness (QED) is 0.563. The van der Waals surface area contributed by atoms with Gasteiger partial charge in [-0.25, -0.2) is 0 Å². The highest BCUT2D eigenvalue weighted by molar-refractivity contribution is 6.21. The summed E-state index contributed by atoms with van der Waals surface area (Å²) in [5, 5.41) is 6.22. The number of Topliss-reactive ketones (excluding diaryl/α,β-unsaturated/α-hetero) is 1. The van der Waals surface area contributed by atoms with Crippen LogP contribution in [0.4, 0.5) is 11.4 Å². The first-order valence-electron chi connectivity index (χ1n) is 12.2. The molecule has 35 heavy (non-hydrogen) atoms. The second kappa shape index (κ2) is 6.89. The smallest absolute Gasteiger partial charge is 0.251 e. The molecule has 2 fully saturated rings. The molecule has 174 valence electrons. The van der Waals surface area contributed by atoms with Gasteiger partial charge in [0.25, 0.3) is 5.91 Å². The Morgan fingerprint density at radius 3 is 2.46 bits per heavy atom. The molecule has 2 saturated heterocycles. The van der Waals surface area contributed by atoms with E-state index in [1.54, 1.807) is 0 Å². The second-order valence-corrected chi connectivity index (χ2v) is 10.1. The zero-order chi connectivity index (χ0) is 23.9. The highest BCUT2D eigenvalue weighted by Crippen LogP contribution is 2.68. The molecule has 2 spiro atoms. The zero-order valence-corrected chi connectivity index (χ0v) is 19.4. The van der Waals surface area contributed by atoms with Crippen molar-refractivity contribution in [2.24, 2.45) is 5.92 Å². The number of carbonyl (C=O) groups excluding carboxylic acids is 3. The average molecular weight is 464 g/mol. The van der Waals surface area contributed by atoms with E-state index in [-0.39, 0.29) is 23.6 Å². The fourth-order valence-electron chi connectivity index (χ4n) is 7.53. The normalized spacial score (nSPS) is 30.3. The van der Waals surface area contributed by atoms with Gasteiger partial charge in [0.15, 0.2) is 5.78 Å². The number of nitrogens with zero attached hydrogens (tertiary/aromatic N) is 1. The van der Waals surface area contributed by atoms with Crippen molar-refractivity contribution in [1.82, 2.24) is 4.90 Å². The van der Waals surface area contributed by atoms with Crippen molar-refractivity contribution >= 4 is 29.0 Å². The predicted octanol–water partition coefficient (Wildman–Crippen LogP) is 4.01. The third-order valence-corrected chi connectivity index (χ3v) is 8.68. The third kappa shape index (κ3) is 2.22. The summed E-state index contributed by atoms with van der Waals surface area (Å²) >= 11 is 0. The molecule has 0 aromatic heterocycles. The largest absolute Gasteiger partial charge is 0.325 e. The van der Waals surface area contributed by atoms with Gasteiger partial charge in [0.2, 0.25) is 5.91 Å². The van der Waals surface area contributed by atoms with Gasteiger partial charge in [0.05, 0.1) is 5.92 Å². The van der Waals surface area contributed by atoms with Crippen LogP contribution in [0.5, 0.6) is 0 Å². The van der Waals surface area contributed by atoms with Crippen molar-refractivity contribution in [1.29, 1.82) is 0 Å². The van der Waals surface area contributed by atoms with E-state index in [0.29, 0.717) is 17.8 Å². The number of rotatable bonds is 2. The van der Waals surface area contributed by atoms with Gasteiger partial charge in [-0.3, -0.25) is 19.3 Å². The lowest BCUT2D eigenvalue weighted by atomic mass is 9.57. The van der Waals surface area contributed by atoms with E-state index < -0.39 is 16.9 Å². The van der Waals surface area contributed by atoms with E-state index in [2.05, 4.69) is 15.5 Å². The van der Waals surface area contributed by atoms with Crippen LogP contribution in [0.15, 0.2) is 72.8 Å². The van der Waals surface area contributed by atoms with Crippen molar-refractivity contribution in [2.45, 2.75) is 36.8 Å². The van der Waals surface area contributed by atoms with E-state index in [4.69, 9.17) is 0 Å². The maximum Gasteiger partial charge on any atom is 0.251 e.